The summed E-state index contributed by atoms with van der Waals surface area (Å²) in [5.74, 6) is 3.37. The number of aliphatic imine (C=N–C) groups is 1. The molecule has 0 aromatic heterocycles. The van der Waals surface area contributed by atoms with E-state index in [4.69, 9.17) is 5.73 Å². The molecule has 0 amide bonds. The quantitative estimate of drug-likeness (QED) is 0.516. The van der Waals surface area contributed by atoms with Crippen LogP contribution in [0.3, 0.4) is 0 Å². The first-order chi connectivity index (χ1) is 6.70. The summed E-state index contributed by atoms with van der Waals surface area (Å²) in [5.41, 5.74) is 5.68. The molecule has 0 radical (unpaired) electrons. The lowest BCUT2D eigenvalue weighted by Crippen LogP contribution is -2.43. The van der Waals surface area contributed by atoms with Crippen molar-refractivity contribution in [3.63, 3.8) is 0 Å². The molecule has 2 fully saturated rings. The Kier molecular flexibility index (Phi) is 2.66. The molecule has 2 rings (SSSR count). The molecule has 0 saturated heterocycles. The van der Waals surface area contributed by atoms with Crippen LogP contribution >= 0.6 is 0 Å². The number of nitrogens with zero attached hydrogens (tertiary/aromatic N) is 1. The summed E-state index contributed by atoms with van der Waals surface area (Å²) in [7, 11) is 1.73. The van der Waals surface area contributed by atoms with Crippen LogP contribution in [0.5, 0.6) is 0 Å². The smallest absolute Gasteiger partial charge is 0.188 e. The SMILES string of the molecule is CN=C(N)NC(C)C1CC2CCC1C2. The Morgan fingerprint density at radius 1 is 1.43 bits per heavy atom. The summed E-state index contributed by atoms with van der Waals surface area (Å²) in [6.07, 6.45) is 5.76. The Bertz CT molecular complexity index is 237. The van der Waals surface area contributed by atoms with E-state index in [-0.39, 0.29) is 0 Å². The molecule has 3 N–H and O–H groups in total. The van der Waals surface area contributed by atoms with Crippen LogP contribution in [0.25, 0.3) is 0 Å². The van der Waals surface area contributed by atoms with E-state index in [1.54, 1.807) is 7.05 Å². The van der Waals surface area contributed by atoms with E-state index in [0.29, 0.717) is 12.0 Å². The van der Waals surface area contributed by atoms with E-state index in [1.807, 2.05) is 0 Å². The molecule has 14 heavy (non-hydrogen) atoms. The highest BCUT2D eigenvalue weighted by Crippen LogP contribution is 2.49. The maximum absolute atomic E-state index is 5.68. The van der Waals surface area contributed by atoms with Gasteiger partial charge in [0.05, 0.1) is 0 Å². The van der Waals surface area contributed by atoms with E-state index in [0.717, 1.165) is 17.8 Å². The summed E-state index contributed by atoms with van der Waals surface area (Å²) in [4.78, 5) is 3.95. The van der Waals surface area contributed by atoms with Crippen molar-refractivity contribution in [1.82, 2.24) is 5.32 Å². The molecule has 4 unspecified atom stereocenters. The van der Waals surface area contributed by atoms with Crippen LogP contribution < -0.4 is 11.1 Å². The molecule has 2 saturated carbocycles. The summed E-state index contributed by atoms with van der Waals surface area (Å²) in [5, 5.41) is 3.28. The zero-order chi connectivity index (χ0) is 10.1. The molecule has 0 aromatic carbocycles. The Labute approximate surface area is 86.2 Å². The van der Waals surface area contributed by atoms with Crippen LogP contribution in [-0.2, 0) is 0 Å². The molecule has 0 aliphatic heterocycles. The Morgan fingerprint density at radius 2 is 2.21 bits per heavy atom. The number of guanidine groups is 1. The van der Waals surface area contributed by atoms with Gasteiger partial charge in [-0.1, -0.05) is 6.42 Å². The predicted octanol–water partition coefficient (Wildman–Crippen LogP) is 1.35. The molecule has 2 aliphatic carbocycles. The molecule has 0 spiro atoms. The third-order valence-electron chi connectivity index (χ3n) is 4.05. The van der Waals surface area contributed by atoms with Gasteiger partial charge >= 0.3 is 0 Å². The van der Waals surface area contributed by atoms with Gasteiger partial charge in [0.1, 0.15) is 0 Å². The van der Waals surface area contributed by atoms with Crippen molar-refractivity contribution >= 4 is 5.96 Å². The van der Waals surface area contributed by atoms with Gasteiger partial charge in [-0.25, -0.2) is 0 Å². The lowest BCUT2D eigenvalue weighted by atomic mass is 9.84. The molecule has 0 aromatic rings. The summed E-state index contributed by atoms with van der Waals surface area (Å²) >= 11 is 0. The van der Waals surface area contributed by atoms with Crippen molar-refractivity contribution in [3.8, 4) is 0 Å². The van der Waals surface area contributed by atoms with E-state index >= 15 is 0 Å². The van der Waals surface area contributed by atoms with Gasteiger partial charge in [0.2, 0.25) is 0 Å². The molecule has 3 nitrogen and oxygen atoms in total. The average molecular weight is 195 g/mol. The topological polar surface area (TPSA) is 50.4 Å². The molecule has 0 heterocycles. The summed E-state index contributed by atoms with van der Waals surface area (Å²) in [6.45, 7) is 2.24. The molecule has 2 aliphatic rings. The van der Waals surface area contributed by atoms with E-state index in [2.05, 4.69) is 17.2 Å². The summed E-state index contributed by atoms with van der Waals surface area (Å²) < 4.78 is 0. The van der Waals surface area contributed by atoms with Crippen molar-refractivity contribution < 1.29 is 0 Å². The van der Waals surface area contributed by atoms with Gasteiger partial charge in [-0.3, -0.25) is 4.99 Å². The number of rotatable bonds is 2. The Morgan fingerprint density at radius 3 is 2.71 bits per heavy atom. The van der Waals surface area contributed by atoms with Crippen LogP contribution in [0.1, 0.15) is 32.6 Å². The number of hydrogen-bond acceptors (Lipinski definition) is 1. The third kappa shape index (κ3) is 1.72. The zero-order valence-electron chi connectivity index (χ0n) is 9.16. The fraction of sp³-hybridized carbons (Fsp3) is 0.909. The average Bonchev–Trinajstić information content (AvgIpc) is 2.78. The largest absolute Gasteiger partial charge is 0.370 e. The van der Waals surface area contributed by atoms with E-state index in [1.165, 1.54) is 25.7 Å². The molecular weight excluding hydrogens is 174 g/mol. The van der Waals surface area contributed by atoms with Gasteiger partial charge in [0.25, 0.3) is 0 Å². The van der Waals surface area contributed by atoms with Crippen LogP contribution in [0.2, 0.25) is 0 Å². The van der Waals surface area contributed by atoms with Crippen molar-refractivity contribution in [3.05, 3.63) is 0 Å². The van der Waals surface area contributed by atoms with Crippen molar-refractivity contribution in [2.45, 2.75) is 38.6 Å². The standard InChI is InChI=1S/C11H21N3/c1-7(14-11(12)13-2)10-6-8-3-4-9(10)5-8/h7-10H,3-6H2,1-2H3,(H3,12,13,14). The van der Waals surface area contributed by atoms with Gasteiger partial charge < -0.3 is 11.1 Å². The highest BCUT2D eigenvalue weighted by molar-refractivity contribution is 5.77. The first-order valence-electron chi connectivity index (χ1n) is 5.69. The van der Waals surface area contributed by atoms with Gasteiger partial charge in [0.15, 0.2) is 5.96 Å². The van der Waals surface area contributed by atoms with E-state index < -0.39 is 0 Å². The highest BCUT2D eigenvalue weighted by atomic mass is 15.1. The highest BCUT2D eigenvalue weighted by Gasteiger charge is 2.41. The zero-order valence-corrected chi connectivity index (χ0v) is 9.16. The predicted molar refractivity (Wildman–Crippen MR) is 59.1 cm³/mol. The first-order valence-corrected chi connectivity index (χ1v) is 5.69. The van der Waals surface area contributed by atoms with Gasteiger partial charge in [0, 0.05) is 13.1 Å². The molecule has 80 valence electrons. The number of hydrogen-bond donors (Lipinski definition) is 2. The maximum Gasteiger partial charge on any atom is 0.188 e. The molecule has 4 atom stereocenters. The maximum atomic E-state index is 5.68. The van der Waals surface area contributed by atoms with Gasteiger partial charge in [-0.2, -0.15) is 0 Å². The van der Waals surface area contributed by atoms with Crippen molar-refractivity contribution in [2.75, 3.05) is 7.05 Å². The Hall–Kier alpha value is -0.730. The minimum Gasteiger partial charge on any atom is -0.370 e. The Balaban J connectivity index is 1.89. The number of nitrogens with one attached hydrogen (secondary N) is 1. The first kappa shape index (κ1) is 9.81. The fourth-order valence-corrected chi connectivity index (χ4v) is 3.31. The lowest BCUT2D eigenvalue weighted by molar-refractivity contribution is 0.278. The minimum absolute atomic E-state index is 0.494. The monoisotopic (exact) mass is 195 g/mol. The van der Waals surface area contributed by atoms with Crippen molar-refractivity contribution in [2.24, 2.45) is 28.5 Å². The third-order valence-corrected chi connectivity index (χ3v) is 4.05. The minimum atomic E-state index is 0.494. The lowest BCUT2D eigenvalue weighted by Gasteiger charge is -2.28. The second-order valence-corrected chi connectivity index (χ2v) is 4.88. The second-order valence-electron chi connectivity index (χ2n) is 4.88. The second kappa shape index (κ2) is 3.79. The van der Waals surface area contributed by atoms with Gasteiger partial charge in [-0.05, 0) is 43.9 Å². The van der Waals surface area contributed by atoms with Crippen LogP contribution in [0.15, 0.2) is 4.99 Å². The van der Waals surface area contributed by atoms with Crippen LogP contribution in [-0.4, -0.2) is 19.0 Å². The van der Waals surface area contributed by atoms with Crippen LogP contribution in [0, 0.1) is 17.8 Å². The molecule has 3 heteroatoms. The van der Waals surface area contributed by atoms with Crippen molar-refractivity contribution in [1.29, 1.82) is 0 Å². The summed E-state index contributed by atoms with van der Waals surface area (Å²) in [6, 6.07) is 0.494. The fourth-order valence-electron chi connectivity index (χ4n) is 3.31. The number of fused-ring (bicyclic) bond motifs is 2. The normalized spacial score (nSPS) is 38.7. The molecule has 2 bridgehead atoms. The number of nitrogens with two attached hydrogens (primary N) is 1. The van der Waals surface area contributed by atoms with Crippen LogP contribution in [0.4, 0.5) is 0 Å². The molecular formula is C11H21N3. The van der Waals surface area contributed by atoms with E-state index in [9.17, 15) is 0 Å². The van der Waals surface area contributed by atoms with Gasteiger partial charge in [-0.15, -0.1) is 0 Å².